The standard InChI is InChI=1S/C9H12N2.ClH/c10-11-9-5-7-3-1-2-4-8(7)6-9;/h1-4,9,11H,5-6,10H2;1H/p-1. The molecule has 1 aromatic rings. The Balaban J connectivity index is 0.000000720. The Bertz CT molecular complexity index is 237. The fraction of sp³-hybridized carbons (Fsp3) is 0.333. The number of hydrazine groups is 1. The zero-order chi connectivity index (χ0) is 7.68. The Hall–Kier alpha value is -0.570. The average Bonchev–Trinajstić information content (AvgIpc) is 2.46. The molecule has 12 heavy (non-hydrogen) atoms. The number of rotatable bonds is 1. The van der Waals surface area contributed by atoms with Crippen LogP contribution in [0, 0.1) is 0 Å². The van der Waals surface area contributed by atoms with Crippen LogP contribution in [-0.2, 0) is 12.8 Å². The first-order chi connectivity index (χ1) is 5.40. The Kier molecular flexibility index (Phi) is 3.09. The minimum Gasteiger partial charge on any atom is -1.00 e. The fourth-order valence-electron chi connectivity index (χ4n) is 1.68. The first-order valence-corrected chi connectivity index (χ1v) is 3.93. The monoisotopic (exact) mass is 183 g/mol. The highest BCUT2D eigenvalue weighted by atomic mass is 35.5. The van der Waals surface area contributed by atoms with E-state index in [4.69, 9.17) is 5.84 Å². The van der Waals surface area contributed by atoms with Crippen molar-refractivity contribution in [2.45, 2.75) is 18.9 Å². The van der Waals surface area contributed by atoms with E-state index < -0.39 is 0 Å². The molecule has 0 spiro atoms. The van der Waals surface area contributed by atoms with Gasteiger partial charge < -0.3 is 12.4 Å². The van der Waals surface area contributed by atoms with Gasteiger partial charge in [-0.05, 0) is 24.0 Å². The topological polar surface area (TPSA) is 38.0 Å². The van der Waals surface area contributed by atoms with Crippen LogP contribution in [0.1, 0.15) is 11.1 Å². The van der Waals surface area contributed by atoms with E-state index in [1.807, 2.05) is 0 Å². The van der Waals surface area contributed by atoms with Crippen LogP contribution in [0.4, 0.5) is 0 Å². The molecule has 0 heterocycles. The SMILES string of the molecule is NNC1Cc2ccccc2C1.[Cl-]. The molecule has 0 unspecified atom stereocenters. The van der Waals surface area contributed by atoms with Crippen molar-refractivity contribution in [3.05, 3.63) is 35.4 Å². The Morgan fingerprint density at radius 2 is 1.67 bits per heavy atom. The van der Waals surface area contributed by atoms with Crippen LogP contribution in [-0.4, -0.2) is 6.04 Å². The summed E-state index contributed by atoms with van der Waals surface area (Å²) in [6, 6.07) is 8.96. The largest absolute Gasteiger partial charge is 1.00 e. The van der Waals surface area contributed by atoms with E-state index in [9.17, 15) is 0 Å². The predicted octanol–water partition coefficient (Wildman–Crippen LogP) is -2.38. The van der Waals surface area contributed by atoms with Crippen molar-refractivity contribution in [3.8, 4) is 0 Å². The van der Waals surface area contributed by atoms with Crippen LogP contribution >= 0.6 is 0 Å². The van der Waals surface area contributed by atoms with Crippen LogP contribution in [0.3, 0.4) is 0 Å². The molecule has 0 atom stereocenters. The number of halogens is 1. The highest BCUT2D eigenvalue weighted by Crippen LogP contribution is 2.20. The second-order valence-corrected chi connectivity index (χ2v) is 3.04. The molecule has 66 valence electrons. The van der Waals surface area contributed by atoms with E-state index in [-0.39, 0.29) is 12.4 Å². The maximum Gasteiger partial charge on any atom is 0.0291 e. The highest BCUT2D eigenvalue weighted by Gasteiger charge is 2.18. The fourth-order valence-corrected chi connectivity index (χ4v) is 1.68. The maximum atomic E-state index is 5.36. The van der Waals surface area contributed by atoms with Crippen LogP contribution < -0.4 is 23.7 Å². The summed E-state index contributed by atoms with van der Waals surface area (Å²) in [5.41, 5.74) is 5.69. The summed E-state index contributed by atoms with van der Waals surface area (Å²) in [7, 11) is 0. The van der Waals surface area contributed by atoms with Crippen LogP contribution in [0.25, 0.3) is 0 Å². The summed E-state index contributed by atoms with van der Waals surface area (Å²) in [6.45, 7) is 0. The zero-order valence-electron chi connectivity index (χ0n) is 6.76. The van der Waals surface area contributed by atoms with E-state index in [0.717, 1.165) is 12.8 Å². The van der Waals surface area contributed by atoms with E-state index in [0.29, 0.717) is 6.04 Å². The molecule has 1 aliphatic rings. The van der Waals surface area contributed by atoms with Crippen molar-refractivity contribution in [1.29, 1.82) is 0 Å². The number of benzene rings is 1. The number of hydrogen-bond donors (Lipinski definition) is 2. The molecule has 0 radical (unpaired) electrons. The van der Waals surface area contributed by atoms with Gasteiger partial charge in [0, 0.05) is 6.04 Å². The van der Waals surface area contributed by atoms with Crippen molar-refractivity contribution in [2.75, 3.05) is 0 Å². The molecular formula is C9H12ClN2-. The Morgan fingerprint density at radius 3 is 2.08 bits per heavy atom. The molecule has 1 aromatic carbocycles. The molecule has 0 bridgehead atoms. The van der Waals surface area contributed by atoms with Gasteiger partial charge in [-0.15, -0.1) is 0 Å². The average molecular weight is 184 g/mol. The van der Waals surface area contributed by atoms with Crippen LogP contribution in [0.15, 0.2) is 24.3 Å². The molecule has 1 aliphatic carbocycles. The number of hydrogen-bond acceptors (Lipinski definition) is 2. The van der Waals surface area contributed by atoms with Crippen molar-refractivity contribution in [2.24, 2.45) is 5.84 Å². The Labute approximate surface area is 78.5 Å². The third-order valence-corrected chi connectivity index (χ3v) is 2.29. The van der Waals surface area contributed by atoms with Gasteiger partial charge in [0.25, 0.3) is 0 Å². The normalized spacial score (nSPS) is 15.4. The zero-order valence-corrected chi connectivity index (χ0v) is 7.51. The molecule has 0 aromatic heterocycles. The molecule has 0 aliphatic heterocycles. The van der Waals surface area contributed by atoms with Crippen molar-refractivity contribution >= 4 is 0 Å². The first kappa shape index (κ1) is 9.52. The molecule has 2 rings (SSSR count). The van der Waals surface area contributed by atoms with E-state index >= 15 is 0 Å². The van der Waals surface area contributed by atoms with E-state index in [1.54, 1.807) is 0 Å². The lowest BCUT2D eigenvalue weighted by Crippen LogP contribution is -3.00. The lowest BCUT2D eigenvalue weighted by atomic mass is 10.1. The number of nitrogens with one attached hydrogen (secondary N) is 1. The van der Waals surface area contributed by atoms with Gasteiger partial charge in [0.15, 0.2) is 0 Å². The molecule has 0 amide bonds. The Morgan fingerprint density at radius 1 is 1.17 bits per heavy atom. The van der Waals surface area contributed by atoms with Gasteiger partial charge in [-0.25, -0.2) is 0 Å². The van der Waals surface area contributed by atoms with Gasteiger partial charge in [-0.1, -0.05) is 24.3 Å². The summed E-state index contributed by atoms with van der Waals surface area (Å²) >= 11 is 0. The number of fused-ring (bicyclic) bond motifs is 1. The number of nitrogens with two attached hydrogens (primary N) is 1. The van der Waals surface area contributed by atoms with E-state index in [2.05, 4.69) is 29.7 Å². The third kappa shape index (κ3) is 1.61. The van der Waals surface area contributed by atoms with Crippen molar-refractivity contribution in [1.82, 2.24) is 5.43 Å². The molecule has 0 saturated carbocycles. The van der Waals surface area contributed by atoms with E-state index in [1.165, 1.54) is 11.1 Å². The van der Waals surface area contributed by atoms with Crippen LogP contribution in [0.5, 0.6) is 0 Å². The predicted molar refractivity (Wildman–Crippen MR) is 45.0 cm³/mol. The molecular weight excluding hydrogens is 172 g/mol. The smallest absolute Gasteiger partial charge is 0.0291 e. The van der Waals surface area contributed by atoms with Gasteiger partial charge in [-0.3, -0.25) is 11.3 Å². The molecule has 0 saturated heterocycles. The van der Waals surface area contributed by atoms with Crippen LogP contribution in [0.2, 0.25) is 0 Å². The maximum absolute atomic E-state index is 5.36. The summed E-state index contributed by atoms with van der Waals surface area (Å²) in [5, 5.41) is 0. The third-order valence-electron chi connectivity index (χ3n) is 2.29. The molecule has 0 fully saturated rings. The molecule has 3 heteroatoms. The quantitative estimate of drug-likeness (QED) is 0.377. The summed E-state index contributed by atoms with van der Waals surface area (Å²) in [5.74, 6) is 5.36. The van der Waals surface area contributed by atoms with Gasteiger partial charge in [-0.2, -0.15) is 0 Å². The summed E-state index contributed by atoms with van der Waals surface area (Å²) in [6.07, 6.45) is 2.15. The lowest BCUT2D eigenvalue weighted by molar-refractivity contribution is -0.00000239. The minimum absolute atomic E-state index is 0. The lowest BCUT2D eigenvalue weighted by Gasteiger charge is -2.03. The molecule has 3 N–H and O–H groups in total. The summed E-state index contributed by atoms with van der Waals surface area (Å²) in [4.78, 5) is 0. The second kappa shape index (κ2) is 3.90. The highest BCUT2D eigenvalue weighted by molar-refractivity contribution is 5.33. The van der Waals surface area contributed by atoms with Gasteiger partial charge in [0.05, 0.1) is 0 Å². The van der Waals surface area contributed by atoms with Gasteiger partial charge in [0.2, 0.25) is 0 Å². The van der Waals surface area contributed by atoms with Gasteiger partial charge >= 0.3 is 0 Å². The van der Waals surface area contributed by atoms with Crippen molar-refractivity contribution < 1.29 is 12.4 Å². The van der Waals surface area contributed by atoms with Gasteiger partial charge in [0.1, 0.15) is 0 Å². The molecule has 2 nitrogen and oxygen atoms in total. The summed E-state index contributed by atoms with van der Waals surface area (Å²) < 4.78 is 0. The van der Waals surface area contributed by atoms with Crippen molar-refractivity contribution in [3.63, 3.8) is 0 Å². The minimum atomic E-state index is 0. The second-order valence-electron chi connectivity index (χ2n) is 3.04. The first-order valence-electron chi connectivity index (χ1n) is 3.93.